The van der Waals surface area contributed by atoms with Gasteiger partial charge in [0.1, 0.15) is 11.5 Å². The maximum absolute atomic E-state index is 12.7. The highest BCUT2D eigenvalue weighted by molar-refractivity contribution is 7.53. The van der Waals surface area contributed by atoms with Gasteiger partial charge < -0.3 is 18.5 Å². The van der Waals surface area contributed by atoms with Crippen molar-refractivity contribution in [3.05, 3.63) is 47.5 Å². The molecule has 0 amide bonds. The van der Waals surface area contributed by atoms with Gasteiger partial charge in [-0.15, -0.1) is 0 Å². The summed E-state index contributed by atoms with van der Waals surface area (Å²) in [4.78, 5) is 12.5. The summed E-state index contributed by atoms with van der Waals surface area (Å²) < 4.78 is 34.3. The molecule has 0 unspecified atom stereocenters. The summed E-state index contributed by atoms with van der Waals surface area (Å²) in [7, 11) is -1.74. The molecule has 0 saturated heterocycles. The molecule has 3 rings (SSSR count). The molecule has 0 N–H and O–H groups in total. The third-order valence-corrected chi connectivity index (χ3v) is 6.31. The van der Waals surface area contributed by atoms with E-state index in [0.717, 1.165) is 22.4 Å². The van der Waals surface area contributed by atoms with Crippen LogP contribution in [-0.2, 0) is 20.0 Å². The number of Topliss-reactive ketones (excluding diaryl/α,β-unsaturated/α-hetero) is 1. The van der Waals surface area contributed by atoms with E-state index >= 15 is 0 Å². The fourth-order valence-corrected chi connectivity index (χ4v) is 4.70. The number of methoxy groups -OCH3 is 1. The van der Waals surface area contributed by atoms with Crippen LogP contribution in [0.15, 0.2) is 36.4 Å². The van der Waals surface area contributed by atoms with Crippen LogP contribution < -0.4 is 9.47 Å². The zero-order valence-electron chi connectivity index (χ0n) is 16.4. The Hall–Kier alpha value is -2.14. The Morgan fingerprint density at radius 1 is 1.04 bits per heavy atom. The summed E-state index contributed by atoms with van der Waals surface area (Å²) >= 11 is 0. The molecule has 6 nitrogen and oxygen atoms in total. The summed E-state index contributed by atoms with van der Waals surface area (Å²) in [5.74, 6) is 1.20. The highest BCUT2D eigenvalue weighted by Crippen LogP contribution is 2.49. The molecule has 0 saturated carbocycles. The number of benzene rings is 2. The highest BCUT2D eigenvalue weighted by atomic mass is 31.2. The van der Waals surface area contributed by atoms with E-state index in [4.69, 9.17) is 18.5 Å². The van der Waals surface area contributed by atoms with Crippen molar-refractivity contribution in [3.8, 4) is 22.6 Å². The number of rotatable bonds is 9. The van der Waals surface area contributed by atoms with Gasteiger partial charge in [0.25, 0.3) is 0 Å². The van der Waals surface area contributed by atoms with Crippen LogP contribution in [0.1, 0.15) is 36.2 Å². The van der Waals surface area contributed by atoms with Crippen molar-refractivity contribution in [2.24, 2.45) is 0 Å². The fourth-order valence-electron chi connectivity index (χ4n) is 3.39. The highest BCUT2D eigenvalue weighted by Gasteiger charge is 2.30. The molecule has 150 valence electrons. The van der Waals surface area contributed by atoms with Crippen molar-refractivity contribution >= 4 is 13.4 Å². The predicted octanol–water partition coefficient (Wildman–Crippen LogP) is 5.09. The van der Waals surface area contributed by atoms with Gasteiger partial charge in [-0.1, -0.05) is 18.2 Å². The molecule has 0 radical (unpaired) electrons. The molecule has 0 aliphatic heterocycles. The largest absolute Gasteiger partial charge is 0.497 e. The molecule has 2 aromatic rings. The zero-order valence-corrected chi connectivity index (χ0v) is 17.3. The molecule has 0 fully saturated rings. The van der Waals surface area contributed by atoms with Crippen molar-refractivity contribution in [3.63, 3.8) is 0 Å². The minimum absolute atomic E-state index is 0.0254. The number of fused-ring (bicyclic) bond motifs is 1. The van der Waals surface area contributed by atoms with E-state index in [1.165, 1.54) is 0 Å². The molecule has 0 atom stereocenters. The second-order valence-corrected chi connectivity index (χ2v) is 8.34. The maximum atomic E-state index is 12.7. The lowest BCUT2D eigenvalue weighted by molar-refractivity contribution is 0.0990. The first-order valence-electron chi connectivity index (χ1n) is 9.35. The SMILES string of the molecule is CCOP(=O)(COc1ccc(-c2cccc(OC)c2)c2c1C(=O)CC2)OCC. The predicted molar refractivity (Wildman–Crippen MR) is 107 cm³/mol. The lowest BCUT2D eigenvalue weighted by atomic mass is 9.96. The van der Waals surface area contributed by atoms with Crippen molar-refractivity contribution in [2.45, 2.75) is 26.7 Å². The Morgan fingerprint density at radius 2 is 1.79 bits per heavy atom. The number of ether oxygens (including phenoxy) is 2. The quantitative estimate of drug-likeness (QED) is 0.542. The molecule has 0 bridgehead atoms. The van der Waals surface area contributed by atoms with Crippen molar-refractivity contribution < 1.29 is 27.9 Å². The van der Waals surface area contributed by atoms with Gasteiger partial charge >= 0.3 is 7.60 Å². The van der Waals surface area contributed by atoms with Gasteiger partial charge in [0.05, 0.1) is 25.9 Å². The van der Waals surface area contributed by atoms with Crippen LogP contribution in [0.5, 0.6) is 11.5 Å². The lowest BCUT2D eigenvalue weighted by Crippen LogP contribution is -2.08. The Morgan fingerprint density at radius 3 is 2.46 bits per heavy atom. The molecular weight excluding hydrogens is 379 g/mol. The van der Waals surface area contributed by atoms with E-state index in [-0.39, 0.29) is 25.3 Å². The summed E-state index contributed by atoms with van der Waals surface area (Å²) in [6, 6.07) is 11.4. The monoisotopic (exact) mass is 404 g/mol. The van der Waals surface area contributed by atoms with Gasteiger partial charge in [0, 0.05) is 6.42 Å². The zero-order chi connectivity index (χ0) is 20.1. The molecule has 2 aromatic carbocycles. The summed E-state index contributed by atoms with van der Waals surface area (Å²) in [6.07, 6.45) is 0.848. The molecule has 7 heteroatoms. The minimum atomic E-state index is -3.36. The van der Waals surface area contributed by atoms with Gasteiger partial charge in [0.15, 0.2) is 12.1 Å². The normalized spacial score (nSPS) is 13.5. The molecule has 1 aliphatic carbocycles. The first kappa shape index (κ1) is 20.6. The van der Waals surface area contributed by atoms with Gasteiger partial charge in [-0.3, -0.25) is 9.36 Å². The Balaban J connectivity index is 1.94. The molecule has 1 aliphatic rings. The van der Waals surface area contributed by atoms with E-state index in [2.05, 4.69) is 0 Å². The average molecular weight is 404 g/mol. The second-order valence-electron chi connectivity index (χ2n) is 6.34. The number of hydrogen-bond acceptors (Lipinski definition) is 6. The third kappa shape index (κ3) is 4.30. The molecule has 0 heterocycles. The van der Waals surface area contributed by atoms with Crippen LogP contribution in [0.3, 0.4) is 0 Å². The summed E-state index contributed by atoms with van der Waals surface area (Å²) in [6.45, 7) is 4.00. The number of carbonyl (C=O) groups excluding carboxylic acids is 1. The van der Waals surface area contributed by atoms with E-state index in [1.54, 1.807) is 27.0 Å². The first-order chi connectivity index (χ1) is 13.5. The third-order valence-electron chi connectivity index (χ3n) is 4.57. The smallest absolute Gasteiger partial charge is 0.367 e. The lowest BCUT2D eigenvalue weighted by Gasteiger charge is -2.19. The van der Waals surface area contributed by atoms with Crippen LogP contribution in [-0.4, -0.2) is 32.5 Å². The van der Waals surface area contributed by atoms with Gasteiger partial charge in [-0.05, 0) is 55.2 Å². The molecule has 28 heavy (non-hydrogen) atoms. The van der Waals surface area contributed by atoms with Crippen LogP contribution >= 0.6 is 7.60 Å². The Bertz CT molecular complexity index is 898. The van der Waals surface area contributed by atoms with E-state index in [9.17, 15) is 9.36 Å². The molecular formula is C21H25O6P. The topological polar surface area (TPSA) is 71.1 Å². The van der Waals surface area contributed by atoms with Crippen molar-refractivity contribution in [1.82, 2.24) is 0 Å². The van der Waals surface area contributed by atoms with Crippen LogP contribution in [0.25, 0.3) is 11.1 Å². The number of ketones is 1. The first-order valence-corrected chi connectivity index (χ1v) is 11.1. The van der Waals surface area contributed by atoms with Gasteiger partial charge in [0.2, 0.25) is 0 Å². The van der Waals surface area contributed by atoms with Crippen LogP contribution in [0, 0.1) is 0 Å². The van der Waals surface area contributed by atoms with Crippen molar-refractivity contribution in [1.29, 1.82) is 0 Å². The van der Waals surface area contributed by atoms with Gasteiger partial charge in [-0.25, -0.2) is 0 Å². The molecule has 0 aromatic heterocycles. The Labute approximate surface area is 165 Å². The van der Waals surface area contributed by atoms with Crippen molar-refractivity contribution in [2.75, 3.05) is 26.7 Å². The van der Waals surface area contributed by atoms with E-state index in [1.807, 2.05) is 30.3 Å². The summed E-state index contributed by atoms with van der Waals surface area (Å²) in [5.41, 5.74) is 3.45. The van der Waals surface area contributed by atoms with E-state index in [0.29, 0.717) is 24.2 Å². The molecule has 0 spiro atoms. The second kappa shape index (κ2) is 8.91. The summed E-state index contributed by atoms with van der Waals surface area (Å²) in [5, 5.41) is 0. The standard InChI is InChI=1S/C21H25O6P/c1-4-26-28(23,27-5-2)14-25-20-12-10-17(18-9-11-19(22)21(18)20)15-7-6-8-16(13-15)24-3/h6-8,10,12-13H,4-5,9,11,14H2,1-3H3. The minimum Gasteiger partial charge on any atom is -0.497 e. The van der Waals surface area contributed by atoms with Crippen LogP contribution in [0.4, 0.5) is 0 Å². The maximum Gasteiger partial charge on any atom is 0.367 e. The van der Waals surface area contributed by atoms with E-state index < -0.39 is 7.60 Å². The number of carbonyl (C=O) groups is 1. The van der Waals surface area contributed by atoms with Crippen LogP contribution in [0.2, 0.25) is 0 Å². The fraction of sp³-hybridized carbons (Fsp3) is 0.381. The van der Waals surface area contributed by atoms with Gasteiger partial charge in [-0.2, -0.15) is 0 Å². The average Bonchev–Trinajstić information content (AvgIpc) is 3.09. The Kier molecular flexibility index (Phi) is 6.55. The number of hydrogen-bond donors (Lipinski definition) is 0.